The summed E-state index contributed by atoms with van der Waals surface area (Å²) in [5, 5.41) is 6.25. The Hall–Kier alpha value is 0.570. The number of rotatable bonds is 0. The summed E-state index contributed by atoms with van der Waals surface area (Å²) in [6.45, 7) is 4.75. The Labute approximate surface area is 67.9 Å². The van der Waals surface area contributed by atoms with E-state index in [9.17, 15) is 4.20 Å². The van der Waals surface area contributed by atoms with Gasteiger partial charge < -0.3 is 11.8 Å². The number of hydrogen-bond acceptors (Lipinski definition) is 2. The van der Waals surface area contributed by atoms with Crippen molar-refractivity contribution in [2.24, 2.45) is 0 Å². The molecule has 0 atom stereocenters. The van der Waals surface area contributed by atoms with Crippen molar-refractivity contribution in [1.29, 1.82) is 5.26 Å². The van der Waals surface area contributed by atoms with Crippen LogP contribution in [0.15, 0.2) is 0 Å². The zero-order valence-corrected chi connectivity index (χ0v) is 6.97. The molecule has 4 nitrogen and oxygen atoms in total. The zero-order chi connectivity index (χ0) is 6.50. The van der Waals surface area contributed by atoms with Gasteiger partial charge in [-0.2, -0.15) is 0 Å². The minimum atomic E-state index is -5.14. The Bertz CT molecular complexity index is 90.4. The van der Waals surface area contributed by atoms with Crippen LogP contribution in [0.25, 0.3) is 0 Å². The Morgan fingerprint density at radius 1 is 1.50 bits per heavy atom. The molecule has 0 saturated heterocycles. The second-order valence-corrected chi connectivity index (χ2v) is 1.42. The van der Waals surface area contributed by atoms with Crippen molar-refractivity contribution >= 4 is 7.91 Å². The molecule has 0 heterocycles. The molecule has 0 rings (SSSR count). The van der Waals surface area contributed by atoms with Crippen molar-refractivity contribution in [1.82, 2.24) is 0 Å². The maximum absolute atomic E-state index is 10.4. The van der Waals surface area contributed by atoms with E-state index in [0.29, 0.717) is 0 Å². The molecule has 0 bridgehead atoms. The first-order valence-electron chi connectivity index (χ1n) is 0.975. The maximum atomic E-state index is 10.4. The van der Waals surface area contributed by atoms with Crippen LogP contribution in [0, 0.1) is 11.8 Å². The van der Waals surface area contributed by atoms with Crippen molar-refractivity contribution in [3.8, 4) is 0 Å². The van der Waals surface area contributed by atoms with Crippen molar-refractivity contribution in [2.75, 3.05) is 0 Å². The van der Waals surface area contributed by atoms with Crippen LogP contribution in [0.3, 0.4) is 0 Å². The molecule has 0 fully saturated rings. The van der Waals surface area contributed by atoms with Crippen LogP contribution in [-0.4, -0.2) is 9.79 Å². The molecule has 0 aromatic heterocycles. The molecule has 7 heteroatoms. The molecule has 42 valence electrons. The largest absolute Gasteiger partial charge is 1.00 e. The van der Waals surface area contributed by atoms with Crippen molar-refractivity contribution < 1.29 is 48.1 Å². The van der Waals surface area contributed by atoms with Gasteiger partial charge in [-0.25, -0.2) is 4.57 Å². The van der Waals surface area contributed by atoms with Gasteiger partial charge in [0.2, 0.25) is 0 Å². The van der Waals surface area contributed by atoms with E-state index in [1.807, 2.05) is 0 Å². The third kappa shape index (κ3) is 627. The van der Waals surface area contributed by atoms with Gasteiger partial charge in [-0.3, -0.25) is 9.79 Å². The quantitative estimate of drug-likeness (QED) is 0.220. The SMILES string of the molecule is O=P(O)(O)F.[C-]#N.[Na+]. The first kappa shape index (κ1) is 15.8. The van der Waals surface area contributed by atoms with E-state index >= 15 is 0 Å². The summed E-state index contributed by atoms with van der Waals surface area (Å²) >= 11 is 0. The third-order valence-corrected chi connectivity index (χ3v) is 0. The first-order valence-corrected chi connectivity index (χ1v) is 2.48. The summed E-state index contributed by atoms with van der Waals surface area (Å²) in [4.78, 5) is 13.9. The van der Waals surface area contributed by atoms with Gasteiger partial charge in [0.1, 0.15) is 0 Å². The molecule has 8 heavy (non-hydrogen) atoms. The van der Waals surface area contributed by atoms with Crippen LogP contribution in [0.2, 0.25) is 0 Å². The monoisotopic (exact) mass is 149 g/mol. The van der Waals surface area contributed by atoms with Gasteiger partial charge in [0.05, 0.1) is 0 Å². The molecule has 0 saturated carbocycles. The molecule has 0 aliphatic heterocycles. The Morgan fingerprint density at radius 2 is 1.50 bits per heavy atom. The standard InChI is InChI=1S/CN.FH2O3P.Na/c1-2;1-5(2,3)4;/h;(H2,2,3,4);/q-1;;+1. The van der Waals surface area contributed by atoms with Crippen LogP contribution < -0.4 is 29.6 Å². The summed E-state index contributed by atoms with van der Waals surface area (Å²) in [6, 6.07) is 0. The minimum Gasteiger partial charge on any atom is -0.512 e. The topological polar surface area (TPSA) is 81.3 Å². The summed E-state index contributed by atoms with van der Waals surface area (Å²) in [5.41, 5.74) is 0. The van der Waals surface area contributed by atoms with Crippen molar-refractivity contribution in [3.05, 3.63) is 6.57 Å². The molecule has 0 aliphatic carbocycles. The van der Waals surface area contributed by atoms with Gasteiger partial charge in [0, 0.05) is 0 Å². The van der Waals surface area contributed by atoms with Gasteiger partial charge >= 0.3 is 37.5 Å². The van der Waals surface area contributed by atoms with Crippen LogP contribution in [-0.2, 0) is 4.57 Å². The molecule has 0 unspecified atom stereocenters. The van der Waals surface area contributed by atoms with Gasteiger partial charge in [0.15, 0.2) is 0 Å². The molecule has 2 N–H and O–H groups in total. The minimum absolute atomic E-state index is 0. The fraction of sp³-hybridized carbons (Fsp3) is 0. The van der Waals surface area contributed by atoms with E-state index in [0.717, 1.165) is 0 Å². The maximum Gasteiger partial charge on any atom is 1.00 e. The average Bonchev–Trinajstić information content (AvgIpc) is 1.36. The van der Waals surface area contributed by atoms with E-state index < -0.39 is 7.91 Å². The van der Waals surface area contributed by atoms with Crippen LogP contribution in [0.5, 0.6) is 0 Å². The van der Waals surface area contributed by atoms with Gasteiger partial charge in [0.25, 0.3) is 0 Å². The van der Waals surface area contributed by atoms with E-state index in [2.05, 4.69) is 0 Å². The van der Waals surface area contributed by atoms with E-state index in [-0.39, 0.29) is 29.6 Å². The van der Waals surface area contributed by atoms with Crippen LogP contribution in [0.4, 0.5) is 4.20 Å². The van der Waals surface area contributed by atoms with Crippen molar-refractivity contribution in [3.63, 3.8) is 0 Å². The molecule has 0 aliphatic rings. The number of hydrogen-bond donors (Lipinski definition) is 2. The molecule has 0 aromatic rings. The van der Waals surface area contributed by atoms with Crippen LogP contribution >= 0.6 is 7.91 Å². The van der Waals surface area contributed by atoms with Gasteiger partial charge in [-0.05, 0) is 0 Å². The average molecular weight is 149 g/mol. The molecular weight excluding hydrogens is 147 g/mol. The molecule has 0 amide bonds. The predicted octanol–water partition coefficient (Wildman–Crippen LogP) is -2.85. The third-order valence-electron chi connectivity index (χ3n) is 0. The molecular formula is CH2FNNaO3P. The number of halogens is 1. The second kappa shape index (κ2) is 7.57. The fourth-order valence-electron chi connectivity index (χ4n) is 0. The predicted molar refractivity (Wildman–Crippen MR) is 18.1 cm³/mol. The molecule has 0 radical (unpaired) electrons. The van der Waals surface area contributed by atoms with E-state index in [1.54, 1.807) is 0 Å². The Balaban J connectivity index is -0.0000000750. The van der Waals surface area contributed by atoms with Gasteiger partial charge in [-0.15, -0.1) is 4.20 Å². The smallest absolute Gasteiger partial charge is 0.512 e. The normalized spacial score (nSPS) is 7.62. The number of nitrogens with zero attached hydrogens (tertiary/aromatic N) is 1. The molecule has 0 aromatic carbocycles. The summed E-state index contributed by atoms with van der Waals surface area (Å²) in [6.07, 6.45) is 0. The summed E-state index contributed by atoms with van der Waals surface area (Å²) < 4.78 is 19.0. The molecule has 0 spiro atoms. The van der Waals surface area contributed by atoms with E-state index in [4.69, 9.17) is 26.2 Å². The van der Waals surface area contributed by atoms with Crippen molar-refractivity contribution in [2.45, 2.75) is 0 Å². The zero-order valence-electron chi connectivity index (χ0n) is 4.08. The Morgan fingerprint density at radius 3 is 1.50 bits per heavy atom. The van der Waals surface area contributed by atoms with E-state index in [1.165, 1.54) is 0 Å². The summed E-state index contributed by atoms with van der Waals surface area (Å²) in [5.74, 6) is 0. The van der Waals surface area contributed by atoms with Crippen LogP contribution in [0.1, 0.15) is 0 Å². The Kier molecular flexibility index (Phi) is 15.0. The van der Waals surface area contributed by atoms with Gasteiger partial charge in [-0.1, -0.05) is 0 Å². The first-order chi connectivity index (χ1) is 3.00. The summed E-state index contributed by atoms with van der Waals surface area (Å²) in [7, 11) is -5.14. The second-order valence-electron chi connectivity index (χ2n) is 0.473. The fourth-order valence-corrected chi connectivity index (χ4v) is 0.